The predicted octanol–water partition coefficient (Wildman–Crippen LogP) is 5.02. The number of imidazole rings is 1. The highest BCUT2D eigenvalue weighted by Crippen LogP contribution is 2.39. The Kier molecular flexibility index (Phi) is 6.61. The minimum absolute atomic E-state index is 0.0632. The fourth-order valence-corrected chi connectivity index (χ4v) is 4.17. The molecule has 0 spiro atoms. The van der Waals surface area contributed by atoms with Crippen LogP contribution in [0.1, 0.15) is 47.2 Å². The van der Waals surface area contributed by atoms with Crippen LogP contribution in [-0.2, 0) is 19.8 Å². The van der Waals surface area contributed by atoms with Crippen LogP contribution < -0.4 is 15.7 Å². The predicted molar refractivity (Wildman–Crippen MR) is 119 cm³/mol. The molecule has 1 aliphatic carbocycles. The Morgan fingerprint density at radius 1 is 1.17 bits per heavy atom. The van der Waals surface area contributed by atoms with Crippen molar-refractivity contribution in [2.75, 3.05) is 6.61 Å². The van der Waals surface area contributed by atoms with Crippen LogP contribution in [0.2, 0.25) is 0 Å². The van der Waals surface area contributed by atoms with Gasteiger partial charge in [0.25, 0.3) is 5.91 Å². The number of carbonyl (C=O) groups is 1. The van der Waals surface area contributed by atoms with Gasteiger partial charge in [0.1, 0.15) is 5.75 Å². The summed E-state index contributed by atoms with van der Waals surface area (Å²) in [7, 11) is 1.59. The van der Waals surface area contributed by atoms with Crippen molar-refractivity contribution in [2.24, 2.45) is 13.0 Å². The van der Waals surface area contributed by atoms with E-state index in [1.807, 2.05) is 0 Å². The number of amides is 1. The number of hydrogen-bond acceptors (Lipinski definition) is 3. The van der Waals surface area contributed by atoms with Crippen molar-refractivity contribution in [1.29, 1.82) is 0 Å². The van der Waals surface area contributed by atoms with Crippen molar-refractivity contribution in [1.82, 2.24) is 14.9 Å². The second kappa shape index (κ2) is 9.35. The molecule has 1 saturated carbocycles. The largest absolute Gasteiger partial charge is 0.493 e. The Labute approximate surface area is 197 Å². The van der Waals surface area contributed by atoms with Crippen molar-refractivity contribution < 1.29 is 31.5 Å². The van der Waals surface area contributed by atoms with E-state index >= 15 is 0 Å². The maximum Gasteiger partial charge on any atom is 0.419 e. The fourth-order valence-electron chi connectivity index (χ4n) is 4.17. The Morgan fingerprint density at radius 2 is 1.89 bits per heavy atom. The van der Waals surface area contributed by atoms with Crippen LogP contribution >= 0.6 is 0 Å². The second-order valence-electron chi connectivity index (χ2n) is 8.84. The highest BCUT2D eigenvalue weighted by molar-refractivity contribution is 5.97. The minimum Gasteiger partial charge on any atom is -0.493 e. The molecule has 0 saturated heterocycles. The molecular formula is C24H24F5N3O3. The number of benzene rings is 2. The molecule has 4 rings (SSSR count). The van der Waals surface area contributed by atoms with E-state index in [0.717, 1.165) is 6.07 Å². The van der Waals surface area contributed by atoms with Gasteiger partial charge in [0.05, 0.1) is 23.2 Å². The number of ether oxygens (including phenoxy) is 1. The van der Waals surface area contributed by atoms with E-state index in [1.54, 1.807) is 19.2 Å². The third-order valence-corrected chi connectivity index (χ3v) is 6.28. The van der Waals surface area contributed by atoms with Crippen LogP contribution in [0.25, 0.3) is 11.0 Å². The number of carbonyl (C=O) groups excluding carboxylic acids is 1. The molecule has 6 nitrogen and oxygen atoms in total. The van der Waals surface area contributed by atoms with E-state index < -0.39 is 29.3 Å². The number of nitrogens with zero attached hydrogens (tertiary/aromatic N) is 1. The van der Waals surface area contributed by atoms with Crippen LogP contribution in [0.5, 0.6) is 5.75 Å². The van der Waals surface area contributed by atoms with Gasteiger partial charge < -0.3 is 15.0 Å². The Bertz CT molecular complexity index is 1290. The first-order valence-electron chi connectivity index (χ1n) is 11.1. The molecule has 1 amide bonds. The van der Waals surface area contributed by atoms with Crippen LogP contribution in [0.4, 0.5) is 22.0 Å². The standard InChI is InChI=1S/C24H24F5N3O3/c1-32-19-5-3-16(11-18(19)31-22(32)34)21(33)30-12-15-2-4-17(24(27,28)29)20(10-15)35-13-14-6-8-23(25,26)9-7-14/h2-5,10-11,14H,6-9,12-13H2,1H3,(H,30,33)(H,31,34). The summed E-state index contributed by atoms with van der Waals surface area (Å²) in [4.78, 5) is 26.9. The summed E-state index contributed by atoms with van der Waals surface area (Å²) in [5, 5.41) is 2.64. The van der Waals surface area contributed by atoms with E-state index in [-0.39, 0.29) is 56.0 Å². The summed E-state index contributed by atoms with van der Waals surface area (Å²) >= 11 is 0. The molecule has 0 aliphatic heterocycles. The maximum atomic E-state index is 13.5. The molecule has 0 radical (unpaired) electrons. The first-order chi connectivity index (χ1) is 16.4. The van der Waals surface area contributed by atoms with Gasteiger partial charge in [-0.2, -0.15) is 13.2 Å². The van der Waals surface area contributed by atoms with Crippen LogP contribution in [0.15, 0.2) is 41.2 Å². The number of hydrogen-bond donors (Lipinski definition) is 2. The van der Waals surface area contributed by atoms with Crippen LogP contribution in [-0.4, -0.2) is 28.0 Å². The topological polar surface area (TPSA) is 76.1 Å². The second-order valence-corrected chi connectivity index (χ2v) is 8.84. The van der Waals surface area contributed by atoms with Gasteiger partial charge in [0.2, 0.25) is 5.92 Å². The van der Waals surface area contributed by atoms with Crippen LogP contribution in [0.3, 0.4) is 0 Å². The van der Waals surface area contributed by atoms with Gasteiger partial charge in [0.15, 0.2) is 0 Å². The summed E-state index contributed by atoms with van der Waals surface area (Å²) < 4.78 is 73.9. The van der Waals surface area contributed by atoms with Crippen molar-refractivity contribution in [3.8, 4) is 5.75 Å². The molecular weight excluding hydrogens is 473 g/mol. The van der Waals surface area contributed by atoms with Crippen molar-refractivity contribution >= 4 is 16.9 Å². The van der Waals surface area contributed by atoms with Crippen LogP contribution in [0, 0.1) is 5.92 Å². The zero-order chi connectivity index (χ0) is 25.4. The fraction of sp³-hybridized carbons (Fsp3) is 0.417. The zero-order valence-electron chi connectivity index (χ0n) is 18.8. The maximum absolute atomic E-state index is 13.5. The molecule has 1 aromatic heterocycles. The van der Waals surface area contributed by atoms with Gasteiger partial charge in [-0.25, -0.2) is 13.6 Å². The van der Waals surface area contributed by atoms with Crippen molar-refractivity contribution in [2.45, 2.75) is 44.3 Å². The lowest BCUT2D eigenvalue weighted by molar-refractivity contribution is -0.139. The lowest BCUT2D eigenvalue weighted by Crippen LogP contribution is -2.27. The van der Waals surface area contributed by atoms with E-state index in [9.17, 15) is 31.5 Å². The van der Waals surface area contributed by atoms with Gasteiger partial charge in [0, 0.05) is 32.0 Å². The number of H-pyrrole nitrogens is 1. The summed E-state index contributed by atoms with van der Waals surface area (Å²) in [6, 6.07) is 8.01. The minimum atomic E-state index is -4.65. The lowest BCUT2D eigenvalue weighted by Gasteiger charge is -2.28. The Morgan fingerprint density at radius 3 is 2.57 bits per heavy atom. The monoisotopic (exact) mass is 497 g/mol. The highest BCUT2D eigenvalue weighted by Gasteiger charge is 2.37. The summed E-state index contributed by atoms with van der Waals surface area (Å²) in [5.41, 5.74) is 0.472. The number of alkyl halides is 5. The van der Waals surface area contributed by atoms with E-state index in [2.05, 4.69) is 10.3 Å². The molecule has 11 heteroatoms. The van der Waals surface area contributed by atoms with Gasteiger partial charge in [-0.15, -0.1) is 0 Å². The normalized spacial score (nSPS) is 16.4. The third kappa shape index (κ3) is 5.66. The molecule has 3 aromatic rings. The first-order valence-corrected chi connectivity index (χ1v) is 11.1. The zero-order valence-corrected chi connectivity index (χ0v) is 18.8. The van der Waals surface area contributed by atoms with Crippen molar-refractivity contribution in [3.05, 3.63) is 63.6 Å². The quantitative estimate of drug-likeness (QED) is 0.470. The molecule has 2 N–H and O–H groups in total. The van der Waals surface area contributed by atoms with Gasteiger partial charge in [-0.05, 0) is 54.7 Å². The smallest absolute Gasteiger partial charge is 0.419 e. The van der Waals surface area contributed by atoms with E-state index in [1.165, 1.54) is 22.8 Å². The third-order valence-electron chi connectivity index (χ3n) is 6.28. The highest BCUT2D eigenvalue weighted by atomic mass is 19.4. The number of aryl methyl sites for hydroxylation is 1. The van der Waals surface area contributed by atoms with E-state index in [4.69, 9.17) is 4.74 Å². The SMILES string of the molecule is Cn1c(=O)[nH]c2cc(C(=O)NCc3ccc(C(F)(F)F)c(OCC4CCC(F)(F)CC4)c3)ccc21. The molecule has 0 bridgehead atoms. The molecule has 2 aromatic carbocycles. The Balaban J connectivity index is 1.44. The summed E-state index contributed by atoms with van der Waals surface area (Å²) in [6.45, 7) is -0.156. The Hall–Kier alpha value is -3.37. The molecule has 35 heavy (non-hydrogen) atoms. The number of fused-ring (bicyclic) bond motifs is 1. The molecule has 1 aliphatic rings. The number of nitrogens with one attached hydrogen (secondary N) is 2. The average molecular weight is 497 g/mol. The van der Waals surface area contributed by atoms with Gasteiger partial charge >= 0.3 is 11.9 Å². The van der Waals surface area contributed by atoms with Gasteiger partial charge in [-0.1, -0.05) is 6.07 Å². The molecule has 188 valence electrons. The number of rotatable bonds is 6. The summed E-state index contributed by atoms with van der Waals surface area (Å²) in [6.07, 6.45) is -4.90. The van der Waals surface area contributed by atoms with E-state index in [0.29, 0.717) is 16.6 Å². The van der Waals surface area contributed by atoms with Gasteiger partial charge in [-0.3, -0.25) is 9.36 Å². The number of halogens is 5. The number of aromatic nitrogens is 2. The summed E-state index contributed by atoms with van der Waals surface area (Å²) in [5.74, 6) is -3.85. The molecule has 0 unspecified atom stereocenters. The first kappa shape index (κ1) is 24.7. The number of aromatic amines is 1. The average Bonchev–Trinajstić information content (AvgIpc) is 3.08. The molecule has 0 atom stereocenters. The van der Waals surface area contributed by atoms with Crippen molar-refractivity contribution in [3.63, 3.8) is 0 Å². The molecule has 1 heterocycles. The lowest BCUT2D eigenvalue weighted by atomic mass is 9.87. The molecule has 1 fully saturated rings.